The zero-order valence-corrected chi connectivity index (χ0v) is 18.9. The first-order valence-corrected chi connectivity index (χ1v) is 11.7. The predicted molar refractivity (Wildman–Crippen MR) is 124 cm³/mol. The second-order valence-electron chi connectivity index (χ2n) is 7.04. The number of nitrogens with one attached hydrogen (secondary N) is 1. The third kappa shape index (κ3) is 36.0. The Morgan fingerprint density at radius 1 is 0.640 bits per heavy atom. The number of thiocarbonyl (C=S) groups is 1. The van der Waals surface area contributed by atoms with Crippen molar-refractivity contribution in [2.75, 3.05) is 13.1 Å². The minimum atomic E-state index is 0.194. The second-order valence-corrected chi connectivity index (χ2v) is 8.26. The summed E-state index contributed by atoms with van der Waals surface area (Å²) in [4.78, 5) is 0. The molecular formula is C21H46N2S2. The highest BCUT2D eigenvalue weighted by molar-refractivity contribution is 8.10. The van der Waals surface area contributed by atoms with Crippen LogP contribution < -0.4 is 11.1 Å². The Hall–Kier alpha value is 0.200. The lowest BCUT2D eigenvalue weighted by Crippen LogP contribution is -2.16. The molecule has 0 rings (SSSR count). The van der Waals surface area contributed by atoms with Crippen LogP contribution in [0.4, 0.5) is 0 Å². The van der Waals surface area contributed by atoms with E-state index in [1.807, 2.05) is 0 Å². The quantitative estimate of drug-likeness (QED) is 0.134. The molecule has 0 bridgehead atoms. The Morgan fingerprint density at radius 3 is 1.16 bits per heavy atom. The zero-order valence-electron chi connectivity index (χ0n) is 17.2. The van der Waals surface area contributed by atoms with E-state index >= 15 is 0 Å². The van der Waals surface area contributed by atoms with E-state index in [2.05, 4.69) is 44.0 Å². The number of hydrogen-bond acceptors (Lipinski definition) is 2. The van der Waals surface area contributed by atoms with Gasteiger partial charge in [-0.25, -0.2) is 0 Å². The number of thiol groups is 1. The van der Waals surface area contributed by atoms with Crippen LogP contribution in [0.2, 0.25) is 0 Å². The monoisotopic (exact) mass is 390 g/mol. The average Bonchev–Trinajstić information content (AvgIpc) is 2.57. The average molecular weight is 391 g/mol. The van der Waals surface area contributed by atoms with Crippen molar-refractivity contribution < 1.29 is 0 Å². The lowest BCUT2D eigenvalue weighted by molar-refractivity contribution is 0.532. The molecule has 2 nitrogen and oxygen atoms in total. The van der Waals surface area contributed by atoms with E-state index < -0.39 is 0 Å². The van der Waals surface area contributed by atoms with Crippen molar-refractivity contribution in [3.05, 3.63) is 0 Å². The molecule has 0 aliphatic rings. The van der Waals surface area contributed by atoms with Crippen molar-refractivity contribution in [1.29, 1.82) is 0 Å². The van der Waals surface area contributed by atoms with E-state index in [0.717, 1.165) is 0 Å². The number of hydrogen-bond donors (Lipinski definition) is 3. The largest absolute Gasteiger partial charge is 0.385 e. The van der Waals surface area contributed by atoms with Gasteiger partial charge in [0.1, 0.15) is 4.32 Å². The molecule has 0 heterocycles. The summed E-state index contributed by atoms with van der Waals surface area (Å²) in [6.45, 7) is 7.06. The van der Waals surface area contributed by atoms with Crippen LogP contribution in [-0.2, 0) is 0 Å². The summed E-state index contributed by atoms with van der Waals surface area (Å²) >= 11 is 7.65. The van der Waals surface area contributed by atoms with Crippen LogP contribution in [0.1, 0.15) is 117 Å². The van der Waals surface area contributed by atoms with Gasteiger partial charge in [0, 0.05) is 0 Å². The minimum absolute atomic E-state index is 0.194. The van der Waals surface area contributed by atoms with Crippen molar-refractivity contribution in [2.24, 2.45) is 5.73 Å². The molecule has 3 N–H and O–H groups in total. The van der Waals surface area contributed by atoms with Gasteiger partial charge in [-0.2, -0.15) is 0 Å². The predicted octanol–water partition coefficient (Wildman–Crippen LogP) is 7.02. The topological polar surface area (TPSA) is 38.0 Å². The van der Waals surface area contributed by atoms with Crippen molar-refractivity contribution >= 4 is 29.2 Å². The number of nitrogens with two attached hydrogens (primary N) is 1. The van der Waals surface area contributed by atoms with Gasteiger partial charge in [-0.05, 0) is 25.9 Å². The maximum absolute atomic E-state index is 4.71. The van der Waals surface area contributed by atoms with Gasteiger partial charge in [-0.1, -0.05) is 116 Å². The van der Waals surface area contributed by atoms with Crippen LogP contribution in [-0.4, -0.2) is 17.4 Å². The Bertz CT molecular complexity index is 226. The highest BCUT2D eigenvalue weighted by Crippen LogP contribution is 2.09. The lowest BCUT2D eigenvalue weighted by atomic mass is 10.1. The number of unbranched alkanes of at least 4 members (excludes halogenated alkanes) is 14. The SMILES string of the molecule is CCCCCCCCCCNCCCCCCCCCC.NC(=S)S. The van der Waals surface area contributed by atoms with E-state index in [9.17, 15) is 0 Å². The van der Waals surface area contributed by atoms with Crippen molar-refractivity contribution in [3.63, 3.8) is 0 Å². The van der Waals surface area contributed by atoms with Gasteiger partial charge >= 0.3 is 0 Å². The van der Waals surface area contributed by atoms with Crippen LogP contribution >= 0.6 is 24.8 Å². The fraction of sp³-hybridized carbons (Fsp3) is 0.952. The van der Waals surface area contributed by atoms with E-state index in [-0.39, 0.29) is 4.32 Å². The molecule has 0 amide bonds. The molecule has 0 aromatic rings. The van der Waals surface area contributed by atoms with Gasteiger partial charge in [0.25, 0.3) is 0 Å². The molecule has 0 aliphatic heterocycles. The van der Waals surface area contributed by atoms with Gasteiger partial charge in [-0.3, -0.25) is 0 Å². The van der Waals surface area contributed by atoms with Crippen LogP contribution in [0.3, 0.4) is 0 Å². The molecule has 0 aromatic heterocycles. The van der Waals surface area contributed by atoms with Crippen LogP contribution in [0.5, 0.6) is 0 Å². The van der Waals surface area contributed by atoms with E-state index in [1.165, 1.54) is 116 Å². The standard InChI is InChI=1S/C20H43N.CH3NS2/c1-3-5-7-9-11-13-15-17-19-21-20-18-16-14-12-10-8-6-4-2;2-1(3)4/h21H,3-20H2,1-2H3;(H3,2,3,4). The molecule has 25 heavy (non-hydrogen) atoms. The Balaban J connectivity index is 0. The molecule has 0 atom stereocenters. The zero-order chi connectivity index (χ0) is 19.0. The summed E-state index contributed by atoms with van der Waals surface area (Å²) in [7, 11) is 0. The second kappa shape index (κ2) is 26.4. The molecule has 0 saturated carbocycles. The van der Waals surface area contributed by atoms with E-state index in [1.54, 1.807) is 0 Å². The molecular weight excluding hydrogens is 344 g/mol. The molecule has 152 valence electrons. The summed E-state index contributed by atoms with van der Waals surface area (Å²) in [5.74, 6) is 0. The maximum atomic E-state index is 4.71. The Kier molecular flexibility index (Phi) is 29.0. The number of rotatable bonds is 18. The van der Waals surface area contributed by atoms with Crippen molar-refractivity contribution in [2.45, 2.75) is 117 Å². The molecule has 0 saturated heterocycles. The van der Waals surface area contributed by atoms with Crippen molar-refractivity contribution in [1.82, 2.24) is 5.32 Å². The molecule has 4 heteroatoms. The van der Waals surface area contributed by atoms with Gasteiger partial charge in [-0.15, -0.1) is 12.6 Å². The fourth-order valence-electron chi connectivity index (χ4n) is 2.89. The summed E-state index contributed by atoms with van der Waals surface area (Å²) in [5, 5.41) is 3.61. The first-order chi connectivity index (χ1) is 12.1. The molecule has 0 fully saturated rings. The molecule has 0 aromatic carbocycles. The molecule has 0 spiro atoms. The Labute approximate surface area is 169 Å². The maximum Gasteiger partial charge on any atom is 0.128 e. The normalized spacial score (nSPS) is 10.4. The van der Waals surface area contributed by atoms with Crippen molar-refractivity contribution in [3.8, 4) is 0 Å². The van der Waals surface area contributed by atoms with Crippen LogP contribution in [0.15, 0.2) is 0 Å². The highest BCUT2D eigenvalue weighted by Gasteiger charge is 1.93. The van der Waals surface area contributed by atoms with Gasteiger partial charge in [0.15, 0.2) is 0 Å². The summed E-state index contributed by atoms with van der Waals surface area (Å²) in [6, 6.07) is 0. The summed E-state index contributed by atoms with van der Waals surface area (Å²) < 4.78 is 0.194. The summed E-state index contributed by atoms with van der Waals surface area (Å²) in [5.41, 5.74) is 4.71. The van der Waals surface area contributed by atoms with Gasteiger partial charge < -0.3 is 11.1 Å². The van der Waals surface area contributed by atoms with Crippen LogP contribution in [0, 0.1) is 0 Å². The fourth-order valence-corrected chi connectivity index (χ4v) is 2.89. The van der Waals surface area contributed by atoms with Gasteiger partial charge in [0.2, 0.25) is 0 Å². The lowest BCUT2D eigenvalue weighted by Gasteiger charge is -2.05. The van der Waals surface area contributed by atoms with Crippen LogP contribution in [0.25, 0.3) is 0 Å². The first-order valence-electron chi connectivity index (χ1n) is 10.8. The van der Waals surface area contributed by atoms with E-state index in [0.29, 0.717) is 0 Å². The first kappa shape index (κ1) is 27.4. The van der Waals surface area contributed by atoms with E-state index in [4.69, 9.17) is 5.73 Å². The minimum Gasteiger partial charge on any atom is -0.385 e. The molecule has 0 unspecified atom stereocenters. The highest BCUT2D eigenvalue weighted by atomic mass is 32.1. The molecule has 0 radical (unpaired) electrons. The third-order valence-electron chi connectivity index (χ3n) is 4.41. The Morgan fingerprint density at radius 2 is 0.880 bits per heavy atom. The smallest absolute Gasteiger partial charge is 0.128 e. The summed E-state index contributed by atoms with van der Waals surface area (Å²) in [6.07, 6.45) is 22.8. The van der Waals surface area contributed by atoms with Gasteiger partial charge in [0.05, 0.1) is 0 Å². The third-order valence-corrected chi connectivity index (χ3v) is 4.41. The molecule has 0 aliphatic carbocycles.